The molecule has 0 bridgehead atoms. The minimum absolute atomic E-state index is 0.0760. The number of likely N-dealkylation sites (tertiary alicyclic amines) is 1. The molecule has 1 unspecified atom stereocenters. The Morgan fingerprint density at radius 2 is 1.61 bits per heavy atom. The maximum Gasteiger partial charge on any atom is 0.282 e. The molecule has 0 saturated carbocycles. The zero-order valence-electron chi connectivity index (χ0n) is 18.6. The van der Waals surface area contributed by atoms with Crippen LogP contribution in [0.25, 0.3) is 0 Å². The van der Waals surface area contributed by atoms with E-state index < -0.39 is 16.3 Å². The number of nitrogens with zero attached hydrogens (tertiary/aromatic N) is 3. The molecule has 1 aliphatic rings. The number of piperidine rings is 1. The number of ether oxygens (including phenoxy) is 2. The van der Waals surface area contributed by atoms with Crippen molar-refractivity contribution in [1.82, 2.24) is 13.5 Å². The van der Waals surface area contributed by atoms with E-state index in [0.717, 1.165) is 25.9 Å². The SMILES string of the molecule is COCCN(CCOC)S(=O)(=O)N(CC(O)CC(C)(C)C)C1CCN(C)CC1. The minimum Gasteiger partial charge on any atom is -0.392 e. The van der Waals surface area contributed by atoms with Crippen molar-refractivity contribution in [2.24, 2.45) is 5.41 Å². The maximum atomic E-state index is 13.5. The number of aliphatic hydroxyl groups is 1. The third-order valence-corrected chi connectivity index (χ3v) is 7.10. The number of rotatable bonds is 12. The first kappa shape index (κ1) is 25.7. The molecule has 28 heavy (non-hydrogen) atoms. The number of aliphatic hydroxyl groups excluding tert-OH is 1. The van der Waals surface area contributed by atoms with Crippen LogP contribution in [-0.4, -0.2) is 106 Å². The van der Waals surface area contributed by atoms with Gasteiger partial charge in [0, 0.05) is 39.9 Å². The summed E-state index contributed by atoms with van der Waals surface area (Å²) in [6, 6.07) is -0.108. The molecule has 0 spiro atoms. The summed E-state index contributed by atoms with van der Waals surface area (Å²) in [5.41, 5.74) is -0.0760. The third-order valence-electron chi connectivity index (χ3n) is 5.05. The van der Waals surface area contributed by atoms with Crippen molar-refractivity contribution in [2.45, 2.75) is 52.2 Å². The highest BCUT2D eigenvalue weighted by atomic mass is 32.2. The lowest BCUT2D eigenvalue weighted by atomic mass is 9.89. The standard InChI is InChI=1S/C19H41N3O5S/c1-19(2,3)15-18(23)16-22(17-7-9-20(4)10-8-17)28(24,25)21(11-13-26-5)12-14-27-6/h17-18,23H,7-16H2,1-6H3. The Labute approximate surface area is 171 Å². The fourth-order valence-electron chi connectivity index (χ4n) is 3.57. The van der Waals surface area contributed by atoms with Gasteiger partial charge in [-0.3, -0.25) is 0 Å². The van der Waals surface area contributed by atoms with Crippen molar-refractivity contribution >= 4 is 10.2 Å². The summed E-state index contributed by atoms with van der Waals surface area (Å²) in [7, 11) is 1.42. The van der Waals surface area contributed by atoms with Crippen LogP contribution in [0.2, 0.25) is 0 Å². The second-order valence-electron chi connectivity index (χ2n) is 8.92. The Morgan fingerprint density at radius 1 is 1.11 bits per heavy atom. The molecule has 1 atom stereocenters. The Morgan fingerprint density at radius 3 is 2.04 bits per heavy atom. The lowest BCUT2D eigenvalue weighted by Crippen LogP contribution is -2.55. The van der Waals surface area contributed by atoms with Crippen LogP contribution in [0, 0.1) is 5.41 Å². The Kier molecular flexibility index (Phi) is 10.8. The van der Waals surface area contributed by atoms with Crippen LogP contribution in [0.3, 0.4) is 0 Å². The second-order valence-corrected chi connectivity index (χ2v) is 10.8. The molecule has 168 valence electrons. The van der Waals surface area contributed by atoms with Crippen LogP contribution in [0.15, 0.2) is 0 Å². The topological polar surface area (TPSA) is 82.5 Å². The molecule has 1 rings (SSSR count). The predicted molar refractivity (Wildman–Crippen MR) is 112 cm³/mol. The van der Waals surface area contributed by atoms with E-state index in [0.29, 0.717) is 19.6 Å². The van der Waals surface area contributed by atoms with E-state index >= 15 is 0 Å². The minimum atomic E-state index is -3.75. The van der Waals surface area contributed by atoms with Crippen molar-refractivity contribution in [3.05, 3.63) is 0 Å². The molecule has 1 aliphatic heterocycles. The Balaban J connectivity index is 3.07. The van der Waals surface area contributed by atoms with Crippen molar-refractivity contribution in [2.75, 3.05) is 67.2 Å². The first-order valence-corrected chi connectivity index (χ1v) is 11.5. The van der Waals surface area contributed by atoms with Gasteiger partial charge in [-0.1, -0.05) is 20.8 Å². The van der Waals surface area contributed by atoms with Gasteiger partial charge < -0.3 is 19.5 Å². The van der Waals surface area contributed by atoms with E-state index in [1.54, 1.807) is 14.2 Å². The monoisotopic (exact) mass is 423 g/mol. The van der Waals surface area contributed by atoms with Crippen molar-refractivity contribution < 1.29 is 23.0 Å². The van der Waals surface area contributed by atoms with Crippen LogP contribution < -0.4 is 0 Å². The zero-order chi connectivity index (χ0) is 21.4. The average Bonchev–Trinajstić information content (AvgIpc) is 2.59. The fraction of sp³-hybridized carbons (Fsp3) is 1.00. The molecule has 1 fully saturated rings. The number of hydrogen-bond donors (Lipinski definition) is 1. The first-order chi connectivity index (χ1) is 13.0. The van der Waals surface area contributed by atoms with E-state index in [9.17, 15) is 13.5 Å². The molecule has 8 nitrogen and oxygen atoms in total. The molecular formula is C19H41N3O5S. The molecule has 0 amide bonds. The van der Waals surface area contributed by atoms with Gasteiger partial charge in [-0.25, -0.2) is 0 Å². The van der Waals surface area contributed by atoms with Gasteiger partial charge in [0.25, 0.3) is 10.2 Å². The van der Waals surface area contributed by atoms with Crippen LogP contribution >= 0.6 is 0 Å². The van der Waals surface area contributed by atoms with Crippen LogP contribution in [-0.2, 0) is 19.7 Å². The van der Waals surface area contributed by atoms with Crippen molar-refractivity contribution in [3.8, 4) is 0 Å². The van der Waals surface area contributed by atoms with Crippen molar-refractivity contribution in [3.63, 3.8) is 0 Å². The van der Waals surface area contributed by atoms with Crippen molar-refractivity contribution in [1.29, 1.82) is 0 Å². The van der Waals surface area contributed by atoms with E-state index in [4.69, 9.17) is 9.47 Å². The van der Waals surface area contributed by atoms with E-state index in [1.165, 1.54) is 8.61 Å². The van der Waals surface area contributed by atoms with Gasteiger partial charge in [0.1, 0.15) is 0 Å². The molecular weight excluding hydrogens is 382 g/mol. The molecule has 0 aliphatic carbocycles. The quantitative estimate of drug-likeness (QED) is 0.505. The van der Waals surface area contributed by atoms with Gasteiger partial charge in [-0.05, 0) is 44.8 Å². The highest BCUT2D eigenvalue weighted by Crippen LogP contribution is 2.26. The van der Waals surface area contributed by atoms with E-state index in [2.05, 4.69) is 4.90 Å². The summed E-state index contributed by atoms with van der Waals surface area (Å²) < 4.78 is 40.3. The molecule has 1 N–H and O–H groups in total. The van der Waals surface area contributed by atoms with Crippen LogP contribution in [0.4, 0.5) is 0 Å². The summed E-state index contributed by atoms with van der Waals surface area (Å²) in [6.07, 6.45) is 1.36. The molecule has 0 radical (unpaired) electrons. The van der Waals surface area contributed by atoms with E-state index in [1.807, 2.05) is 27.8 Å². The van der Waals surface area contributed by atoms with Gasteiger partial charge >= 0.3 is 0 Å². The Hall–Kier alpha value is -0.290. The summed E-state index contributed by atoms with van der Waals surface area (Å²) in [5.74, 6) is 0. The average molecular weight is 424 g/mol. The molecule has 0 aromatic rings. The fourth-order valence-corrected chi connectivity index (χ4v) is 5.43. The second kappa shape index (κ2) is 11.8. The molecule has 0 aromatic heterocycles. The summed E-state index contributed by atoms with van der Waals surface area (Å²) in [6.45, 7) is 9.12. The normalized spacial score (nSPS) is 18.9. The van der Waals surface area contributed by atoms with Gasteiger partial charge in [-0.15, -0.1) is 0 Å². The molecule has 9 heteroatoms. The molecule has 0 aromatic carbocycles. The van der Waals surface area contributed by atoms with E-state index in [-0.39, 0.29) is 31.1 Å². The van der Waals surface area contributed by atoms with Crippen LogP contribution in [0.1, 0.15) is 40.0 Å². The first-order valence-electron chi connectivity index (χ1n) is 10.1. The maximum absolute atomic E-state index is 13.5. The highest BCUT2D eigenvalue weighted by Gasteiger charge is 2.37. The highest BCUT2D eigenvalue weighted by molar-refractivity contribution is 7.86. The van der Waals surface area contributed by atoms with Gasteiger partial charge in [0.15, 0.2) is 0 Å². The summed E-state index contributed by atoms with van der Waals surface area (Å²) in [4.78, 5) is 2.21. The molecule has 1 heterocycles. The number of methoxy groups -OCH3 is 2. The number of hydrogen-bond acceptors (Lipinski definition) is 6. The van der Waals surface area contributed by atoms with Crippen LogP contribution in [0.5, 0.6) is 0 Å². The lowest BCUT2D eigenvalue weighted by molar-refractivity contribution is 0.0745. The summed E-state index contributed by atoms with van der Waals surface area (Å²) in [5, 5.41) is 10.7. The predicted octanol–water partition coefficient (Wildman–Crippen LogP) is 1.02. The zero-order valence-corrected chi connectivity index (χ0v) is 19.4. The van der Waals surface area contributed by atoms with Gasteiger partial charge in [0.2, 0.25) is 0 Å². The van der Waals surface area contributed by atoms with Gasteiger partial charge in [0.05, 0.1) is 19.3 Å². The third kappa shape index (κ3) is 8.61. The molecule has 1 saturated heterocycles. The lowest BCUT2D eigenvalue weighted by Gasteiger charge is -2.40. The van der Waals surface area contributed by atoms with Gasteiger partial charge in [-0.2, -0.15) is 17.0 Å². The Bertz CT molecular complexity index is 522. The smallest absolute Gasteiger partial charge is 0.282 e. The largest absolute Gasteiger partial charge is 0.392 e. The summed E-state index contributed by atoms with van der Waals surface area (Å²) >= 11 is 0.